The van der Waals surface area contributed by atoms with E-state index in [4.69, 9.17) is 0 Å². The zero-order valence-electron chi connectivity index (χ0n) is 14.3. The van der Waals surface area contributed by atoms with Crippen molar-refractivity contribution in [1.29, 1.82) is 0 Å². The Hall–Kier alpha value is -2.19. The molecule has 2 aromatic carbocycles. The molecule has 1 heterocycles. The Morgan fingerprint density at radius 1 is 0.926 bits per heavy atom. The molecule has 0 radical (unpaired) electrons. The number of imide groups is 1. The Morgan fingerprint density at radius 3 is 2.44 bits per heavy atom. The van der Waals surface area contributed by atoms with Gasteiger partial charge < -0.3 is 10.6 Å². The zero-order valence-corrected chi connectivity index (χ0v) is 17.5. The summed E-state index contributed by atoms with van der Waals surface area (Å²) in [4.78, 5) is 37.8. The third-order valence-corrected chi connectivity index (χ3v) is 5.11. The summed E-state index contributed by atoms with van der Waals surface area (Å²) in [5, 5.41) is 5.50. The summed E-state index contributed by atoms with van der Waals surface area (Å²) >= 11 is 6.69. The van der Waals surface area contributed by atoms with Crippen molar-refractivity contribution in [2.75, 3.05) is 13.1 Å². The fraction of sp³-hybridized carbons (Fsp3) is 0.211. The Bertz CT molecular complexity index is 902. The summed E-state index contributed by atoms with van der Waals surface area (Å²) < 4.78 is 1.71. The first-order valence-electron chi connectivity index (χ1n) is 8.37. The normalized spacial score (nSPS) is 12.9. The molecule has 0 atom stereocenters. The van der Waals surface area contributed by atoms with Crippen LogP contribution in [0.5, 0.6) is 0 Å². The van der Waals surface area contributed by atoms with Crippen molar-refractivity contribution in [1.82, 2.24) is 15.5 Å². The van der Waals surface area contributed by atoms with Crippen molar-refractivity contribution in [3.63, 3.8) is 0 Å². The number of hydrogen-bond acceptors (Lipinski definition) is 3. The molecule has 0 saturated carbocycles. The van der Waals surface area contributed by atoms with Crippen LogP contribution in [-0.2, 0) is 6.54 Å². The number of carbonyl (C=O) groups excluding carboxylic acids is 3. The van der Waals surface area contributed by atoms with E-state index in [1.54, 1.807) is 18.2 Å². The summed E-state index contributed by atoms with van der Waals surface area (Å²) in [6.45, 7) is 1.04. The number of hydrogen-bond donors (Lipinski definition) is 2. The highest BCUT2D eigenvalue weighted by Gasteiger charge is 2.34. The molecule has 1 aliphatic heterocycles. The van der Waals surface area contributed by atoms with Crippen LogP contribution in [0.15, 0.2) is 51.4 Å². The third kappa shape index (κ3) is 4.75. The van der Waals surface area contributed by atoms with Crippen molar-refractivity contribution < 1.29 is 14.4 Å². The maximum atomic E-state index is 12.4. The van der Waals surface area contributed by atoms with E-state index in [0.29, 0.717) is 30.6 Å². The Morgan fingerprint density at radius 2 is 1.67 bits per heavy atom. The summed E-state index contributed by atoms with van der Waals surface area (Å²) in [6, 6.07) is 12.4. The molecule has 0 spiro atoms. The molecule has 0 fully saturated rings. The lowest BCUT2D eigenvalue weighted by Crippen LogP contribution is -2.37. The molecule has 2 aromatic rings. The second-order valence-corrected chi connectivity index (χ2v) is 7.88. The first kappa shape index (κ1) is 19.6. The number of carbonyl (C=O) groups is 3. The number of urea groups is 1. The molecule has 140 valence electrons. The van der Waals surface area contributed by atoms with Crippen molar-refractivity contribution >= 4 is 49.7 Å². The van der Waals surface area contributed by atoms with E-state index in [9.17, 15) is 14.4 Å². The largest absolute Gasteiger partial charge is 0.338 e. The van der Waals surface area contributed by atoms with Gasteiger partial charge in [0.15, 0.2) is 0 Å². The number of benzene rings is 2. The SMILES string of the molecule is O=C(NCCCN1C(=O)c2ccc(Br)cc2C1=O)NCc1cccc(Br)c1. The van der Waals surface area contributed by atoms with Crippen LogP contribution in [0.1, 0.15) is 32.7 Å². The van der Waals surface area contributed by atoms with E-state index >= 15 is 0 Å². The van der Waals surface area contributed by atoms with E-state index in [2.05, 4.69) is 42.5 Å². The van der Waals surface area contributed by atoms with Gasteiger partial charge in [0.1, 0.15) is 0 Å². The molecule has 3 rings (SSSR count). The molecular formula is C19H17Br2N3O3. The average Bonchev–Trinajstić information content (AvgIpc) is 2.87. The van der Waals surface area contributed by atoms with Crippen LogP contribution in [0.3, 0.4) is 0 Å². The van der Waals surface area contributed by atoms with Crippen molar-refractivity contribution in [2.45, 2.75) is 13.0 Å². The minimum absolute atomic E-state index is 0.260. The molecule has 0 aromatic heterocycles. The maximum absolute atomic E-state index is 12.4. The van der Waals surface area contributed by atoms with E-state index < -0.39 is 0 Å². The molecule has 6 nitrogen and oxygen atoms in total. The van der Waals surface area contributed by atoms with Crippen LogP contribution in [0.25, 0.3) is 0 Å². The zero-order chi connectivity index (χ0) is 19.4. The molecule has 0 aliphatic carbocycles. The standard InChI is InChI=1S/C19H17Br2N3O3/c20-13-4-1-3-12(9-13)11-23-19(27)22-7-2-8-24-17(25)15-6-5-14(21)10-16(15)18(24)26/h1,3-6,9-10H,2,7-8,11H2,(H2,22,23,27). The minimum atomic E-state index is -0.296. The molecule has 4 amide bonds. The Balaban J connectivity index is 1.42. The highest BCUT2D eigenvalue weighted by Crippen LogP contribution is 2.25. The van der Waals surface area contributed by atoms with Gasteiger partial charge in [-0.25, -0.2) is 4.79 Å². The van der Waals surface area contributed by atoms with E-state index in [1.807, 2.05) is 24.3 Å². The van der Waals surface area contributed by atoms with Gasteiger partial charge in [0, 0.05) is 28.6 Å². The number of amides is 4. The minimum Gasteiger partial charge on any atom is -0.338 e. The monoisotopic (exact) mass is 493 g/mol. The van der Waals surface area contributed by atoms with E-state index in [-0.39, 0.29) is 24.4 Å². The molecule has 0 saturated heterocycles. The third-order valence-electron chi connectivity index (χ3n) is 4.12. The predicted octanol–water partition coefficient (Wildman–Crippen LogP) is 3.70. The van der Waals surface area contributed by atoms with Gasteiger partial charge in [-0.1, -0.05) is 44.0 Å². The summed E-state index contributed by atoms with van der Waals surface area (Å²) in [7, 11) is 0. The lowest BCUT2D eigenvalue weighted by atomic mass is 10.1. The topological polar surface area (TPSA) is 78.5 Å². The summed E-state index contributed by atoms with van der Waals surface area (Å²) in [5.41, 5.74) is 1.81. The second kappa shape index (κ2) is 8.67. The molecule has 0 unspecified atom stereocenters. The summed E-state index contributed by atoms with van der Waals surface area (Å²) in [5.74, 6) is -0.586. The number of halogens is 2. The predicted molar refractivity (Wildman–Crippen MR) is 109 cm³/mol. The highest BCUT2D eigenvalue weighted by atomic mass is 79.9. The molecule has 27 heavy (non-hydrogen) atoms. The van der Waals surface area contributed by atoms with Crippen LogP contribution >= 0.6 is 31.9 Å². The maximum Gasteiger partial charge on any atom is 0.315 e. The Labute approximate surface area is 173 Å². The van der Waals surface area contributed by atoms with Gasteiger partial charge in [-0.3, -0.25) is 14.5 Å². The second-order valence-electron chi connectivity index (χ2n) is 6.04. The first-order valence-corrected chi connectivity index (χ1v) is 9.96. The van der Waals surface area contributed by atoms with Gasteiger partial charge >= 0.3 is 6.03 Å². The molecule has 1 aliphatic rings. The van der Waals surface area contributed by atoms with Crippen molar-refractivity contribution in [2.24, 2.45) is 0 Å². The van der Waals surface area contributed by atoms with Gasteiger partial charge in [-0.2, -0.15) is 0 Å². The van der Waals surface area contributed by atoms with Gasteiger partial charge in [0.25, 0.3) is 11.8 Å². The number of nitrogens with zero attached hydrogens (tertiary/aromatic N) is 1. The van der Waals surface area contributed by atoms with Crippen molar-refractivity contribution in [3.05, 3.63) is 68.1 Å². The number of fused-ring (bicyclic) bond motifs is 1. The number of nitrogens with one attached hydrogen (secondary N) is 2. The molecular weight excluding hydrogens is 478 g/mol. The van der Waals surface area contributed by atoms with Crippen LogP contribution < -0.4 is 10.6 Å². The van der Waals surface area contributed by atoms with E-state index in [0.717, 1.165) is 14.5 Å². The van der Waals surface area contributed by atoms with Crippen LogP contribution in [0.2, 0.25) is 0 Å². The summed E-state index contributed by atoms with van der Waals surface area (Å²) in [6.07, 6.45) is 0.483. The fourth-order valence-corrected chi connectivity index (χ4v) is 3.60. The smallest absolute Gasteiger partial charge is 0.315 e. The van der Waals surface area contributed by atoms with Crippen molar-refractivity contribution in [3.8, 4) is 0 Å². The Kier molecular flexibility index (Phi) is 6.28. The fourth-order valence-electron chi connectivity index (χ4n) is 2.80. The van der Waals surface area contributed by atoms with Crippen LogP contribution in [0.4, 0.5) is 4.79 Å². The lowest BCUT2D eigenvalue weighted by Gasteiger charge is -2.14. The van der Waals surface area contributed by atoms with E-state index in [1.165, 1.54) is 4.90 Å². The molecule has 0 bridgehead atoms. The first-order chi connectivity index (χ1) is 13.0. The molecule has 8 heteroatoms. The average molecular weight is 495 g/mol. The molecule has 2 N–H and O–H groups in total. The highest BCUT2D eigenvalue weighted by molar-refractivity contribution is 9.10. The quantitative estimate of drug-likeness (QED) is 0.474. The van der Waals surface area contributed by atoms with Crippen LogP contribution in [0, 0.1) is 0 Å². The van der Waals surface area contributed by atoms with Gasteiger partial charge in [0.2, 0.25) is 0 Å². The van der Waals surface area contributed by atoms with Gasteiger partial charge in [0.05, 0.1) is 11.1 Å². The lowest BCUT2D eigenvalue weighted by molar-refractivity contribution is 0.0653. The van der Waals surface area contributed by atoms with Gasteiger partial charge in [-0.05, 0) is 42.3 Å². The number of rotatable bonds is 6. The van der Waals surface area contributed by atoms with Gasteiger partial charge in [-0.15, -0.1) is 0 Å². The van der Waals surface area contributed by atoms with Crippen LogP contribution in [-0.4, -0.2) is 35.8 Å².